The highest BCUT2D eigenvalue weighted by Crippen LogP contribution is 2.18. The minimum Gasteiger partial charge on any atom is -0.497 e. The van der Waals surface area contributed by atoms with Crippen LogP contribution in [0.25, 0.3) is 0 Å². The maximum absolute atomic E-state index is 11.7. The average molecular weight is 489 g/mol. The van der Waals surface area contributed by atoms with Gasteiger partial charge in [-0.15, -0.1) is 24.0 Å². The van der Waals surface area contributed by atoms with Crippen molar-refractivity contribution in [3.8, 4) is 5.75 Å². The molecular formula is C20H32IN3O3. The lowest BCUT2D eigenvalue weighted by Crippen LogP contribution is -2.46. The highest BCUT2D eigenvalue weighted by atomic mass is 127. The maximum atomic E-state index is 11.7. The summed E-state index contributed by atoms with van der Waals surface area (Å²) in [5.74, 6) is 1.77. The number of ether oxygens (including phenoxy) is 2. The number of aliphatic imine (C=N–C) groups is 1. The summed E-state index contributed by atoms with van der Waals surface area (Å²) in [5.41, 5.74) is 1.30. The number of carbonyl (C=O) groups excluding carboxylic acids is 1. The van der Waals surface area contributed by atoms with Crippen LogP contribution in [0, 0.1) is 5.92 Å². The van der Waals surface area contributed by atoms with Crippen molar-refractivity contribution in [1.82, 2.24) is 10.2 Å². The van der Waals surface area contributed by atoms with Crippen molar-refractivity contribution in [2.75, 3.05) is 40.4 Å². The number of piperidine rings is 1. The van der Waals surface area contributed by atoms with Gasteiger partial charge in [0, 0.05) is 26.2 Å². The lowest BCUT2D eigenvalue weighted by Gasteiger charge is -2.33. The molecule has 27 heavy (non-hydrogen) atoms. The predicted molar refractivity (Wildman–Crippen MR) is 119 cm³/mol. The topological polar surface area (TPSA) is 63.2 Å². The zero-order chi connectivity index (χ0) is 18.8. The molecule has 0 aromatic heterocycles. The largest absolute Gasteiger partial charge is 0.497 e. The zero-order valence-electron chi connectivity index (χ0n) is 16.6. The fourth-order valence-electron chi connectivity index (χ4n) is 3.18. The van der Waals surface area contributed by atoms with E-state index in [4.69, 9.17) is 14.5 Å². The van der Waals surface area contributed by atoms with E-state index in [2.05, 4.69) is 29.3 Å². The first-order chi connectivity index (χ1) is 12.7. The number of nitrogens with one attached hydrogen (secondary N) is 1. The standard InChI is InChI=1S/C20H31N3O3.HI/c1-4-21-20(23-14-11-17(12-15-23)19(24)26-3)22-13-5-6-16-7-9-18(25-2)10-8-16;/h7-10,17H,4-6,11-15H2,1-3H3,(H,21,22);1H. The number of nitrogens with zero attached hydrogens (tertiary/aromatic N) is 2. The number of aryl methyl sites for hydroxylation is 1. The second-order valence-electron chi connectivity index (χ2n) is 6.47. The Kier molecular flexibility index (Phi) is 11.2. The molecule has 1 aliphatic rings. The summed E-state index contributed by atoms with van der Waals surface area (Å²) in [6.45, 7) is 5.38. The molecule has 1 heterocycles. The first kappa shape index (κ1) is 23.5. The van der Waals surface area contributed by atoms with Gasteiger partial charge < -0.3 is 19.7 Å². The van der Waals surface area contributed by atoms with Crippen LogP contribution in [0.5, 0.6) is 5.75 Å². The van der Waals surface area contributed by atoms with Crippen LogP contribution in [0.4, 0.5) is 0 Å². The number of likely N-dealkylation sites (tertiary alicyclic amines) is 1. The van der Waals surface area contributed by atoms with Gasteiger partial charge in [0.25, 0.3) is 0 Å². The molecule has 152 valence electrons. The van der Waals surface area contributed by atoms with Crippen LogP contribution in [-0.4, -0.2) is 57.2 Å². The average Bonchev–Trinajstić information content (AvgIpc) is 2.70. The molecule has 0 radical (unpaired) electrons. The summed E-state index contributed by atoms with van der Waals surface area (Å²) in [6.07, 6.45) is 3.64. The van der Waals surface area contributed by atoms with E-state index in [0.29, 0.717) is 0 Å². The summed E-state index contributed by atoms with van der Waals surface area (Å²) in [4.78, 5) is 18.7. The summed E-state index contributed by atoms with van der Waals surface area (Å²) in [6, 6.07) is 8.19. The highest BCUT2D eigenvalue weighted by molar-refractivity contribution is 14.0. The normalized spacial score (nSPS) is 15.1. The molecule has 1 N–H and O–H groups in total. The zero-order valence-corrected chi connectivity index (χ0v) is 18.9. The molecule has 0 aliphatic carbocycles. The Morgan fingerprint density at radius 2 is 1.89 bits per heavy atom. The van der Waals surface area contributed by atoms with E-state index in [1.807, 2.05) is 12.1 Å². The summed E-state index contributed by atoms with van der Waals surface area (Å²) in [5, 5.41) is 3.37. The van der Waals surface area contributed by atoms with Gasteiger partial charge in [0.15, 0.2) is 5.96 Å². The van der Waals surface area contributed by atoms with Crippen molar-refractivity contribution >= 4 is 35.9 Å². The second-order valence-corrected chi connectivity index (χ2v) is 6.47. The van der Waals surface area contributed by atoms with E-state index in [0.717, 1.165) is 63.6 Å². The summed E-state index contributed by atoms with van der Waals surface area (Å²) >= 11 is 0. The fraction of sp³-hybridized carbons (Fsp3) is 0.600. The van der Waals surface area contributed by atoms with Gasteiger partial charge in [-0.2, -0.15) is 0 Å². The minimum atomic E-state index is -0.0916. The highest BCUT2D eigenvalue weighted by Gasteiger charge is 2.26. The van der Waals surface area contributed by atoms with Crippen molar-refractivity contribution < 1.29 is 14.3 Å². The van der Waals surface area contributed by atoms with E-state index in [1.54, 1.807) is 7.11 Å². The van der Waals surface area contributed by atoms with E-state index in [1.165, 1.54) is 12.7 Å². The molecular weight excluding hydrogens is 457 g/mol. The SMILES string of the molecule is CCNC(=NCCCc1ccc(OC)cc1)N1CCC(C(=O)OC)CC1.I. The number of hydrogen-bond donors (Lipinski definition) is 1. The van der Waals surface area contributed by atoms with Gasteiger partial charge in [0.2, 0.25) is 0 Å². The Morgan fingerprint density at radius 3 is 2.44 bits per heavy atom. The van der Waals surface area contributed by atoms with Gasteiger partial charge in [-0.05, 0) is 50.3 Å². The van der Waals surface area contributed by atoms with E-state index in [9.17, 15) is 4.79 Å². The lowest BCUT2D eigenvalue weighted by molar-refractivity contribution is -0.146. The smallest absolute Gasteiger partial charge is 0.308 e. The Balaban J connectivity index is 0.00000364. The molecule has 0 atom stereocenters. The molecule has 2 rings (SSSR count). The molecule has 6 nitrogen and oxygen atoms in total. The summed E-state index contributed by atoms with van der Waals surface area (Å²) < 4.78 is 10.0. The van der Waals surface area contributed by atoms with Gasteiger partial charge in [-0.25, -0.2) is 0 Å². The molecule has 0 spiro atoms. The number of rotatable bonds is 7. The molecule has 1 aliphatic heterocycles. The Bertz CT molecular complexity index is 585. The van der Waals surface area contributed by atoms with Crippen molar-refractivity contribution in [1.29, 1.82) is 0 Å². The molecule has 0 amide bonds. The third kappa shape index (κ3) is 7.56. The molecule has 1 saturated heterocycles. The molecule has 7 heteroatoms. The number of esters is 1. The molecule has 0 saturated carbocycles. The molecule has 1 aromatic rings. The van der Waals surface area contributed by atoms with Crippen LogP contribution >= 0.6 is 24.0 Å². The van der Waals surface area contributed by atoms with Crippen molar-refractivity contribution in [3.05, 3.63) is 29.8 Å². The number of carbonyl (C=O) groups is 1. The summed E-state index contributed by atoms with van der Waals surface area (Å²) in [7, 11) is 3.14. The van der Waals surface area contributed by atoms with Crippen LogP contribution in [-0.2, 0) is 16.0 Å². The van der Waals surface area contributed by atoms with Gasteiger partial charge in [0.05, 0.1) is 20.1 Å². The number of methoxy groups -OCH3 is 2. The fourth-order valence-corrected chi connectivity index (χ4v) is 3.18. The van der Waals surface area contributed by atoms with Gasteiger partial charge in [-0.1, -0.05) is 12.1 Å². The predicted octanol–water partition coefficient (Wildman–Crippen LogP) is 3.10. The second kappa shape index (κ2) is 12.8. The number of guanidine groups is 1. The number of benzene rings is 1. The van der Waals surface area contributed by atoms with Crippen molar-refractivity contribution in [3.63, 3.8) is 0 Å². The Hall–Kier alpha value is -1.51. The van der Waals surface area contributed by atoms with E-state index < -0.39 is 0 Å². The Morgan fingerprint density at radius 1 is 1.22 bits per heavy atom. The van der Waals surface area contributed by atoms with E-state index >= 15 is 0 Å². The molecule has 1 aromatic carbocycles. The van der Waals surface area contributed by atoms with Crippen LogP contribution < -0.4 is 10.1 Å². The van der Waals surface area contributed by atoms with Crippen LogP contribution in [0.1, 0.15) is 31.7 Å². The van der Waals surface area contributed by atoms with Crippen LogP contribution in [0.15, 0.2) is 29.3 Å². The van der Waals surface area contributed by atoms with Crippen molar-refractivity contribution in [2.24, 2.45) is 10.9 Å². The van der Waals surface area contributed by atoms with Gasteiger partial charge in [-0.3, -0.25) is 9.79 Å². The first-order valence-electron chi connectivity index (χ1n) is 9.42. The third-order valence-electron chi connectivity index (χ3n) is 4.71. The molecule has 1 fully saturated rings. The quantitative estimate of drug-likeness (QED) is 0.210. The number of halogens is 1. The molecule has 0 bridgehead atoms. The first-order valence-corrected chi connectivity index (χ1v) is 9.42. The van der Waals surface area contributed by atoms with Crippen molar-refractivity contribution in [2.45, 2.75) is 32.6 Å². The Labute approximate surface area is 179 Å². The monoisotopic (exact) mass is 489 g/mol. The van der Waals surface area contributed by atoms with E-state index in [-0.39, 0.29) is 35.9 Å². The minimum absolute atomic E-state index is 0. The third-order valence-corrected chi connectivity index (χ3v) is 4.71. The lowest BCUT2D eigenvalue weighted by atomic mass is 9.97. The molecule has 0 unspecified atom stereocenters. The van der Waals surface area contributed by atoms with Gasteiger partial charge >= 0.3 is 5.97 Å². The number of hydrogen-bond acceptors (Lipinski definition) is 4. The maximum Gasteiger partial charge on any atom is 0.308 e. The van der Waals surface area contributed by atoms with Crippen LogP contribution in [0.2, 0.25) is 0 Å². The van der Waals surface area contributed by atoms with Crippen LogP contribution in [0.3, 0.4) is 0 Å². The van der Waals surface area contributed by atoms with Gasteiger partial charge in [0.1, 0.15) is 5.75 Å².